The SMILES string of the molecule is CN1CCN(C2(CNC(=O)C3CC4CCC3C4)CCCOC2)CC1. The first-order chi connectivity index (χ1) is 11.7. The average molecular weight is 335 g/mol. The van der Waals surface area contributed by atoms with E-state index in [2.05, 4.69) is 22.2 Å². The molecule has 136 valence electrons. The van der Waals surface area contributed by atoms with Crippen LogP contribution in [0.5, 0.6) is 0 Å². The molecule has 4 fully saturated rings. The first kappa shape index (κ1) is 16.8. The molecule has 2 aliphatic carbocycles. The van der Waals surface area contributed by atoms with E-state index >= 15 is 0 Å². The predicted octanol–water partition coefficient (Wildman–Crippen LogP) is 1.34. The van der Waals surface area contributed by atoms with E-state index in [0.717, 1.165) is 71.1 Å². The molecule has 24 heavy (non-hydrogen) atoms. The third-order valence-electron chi connectivity index (χ3n) is 7.14. The van der Waals surface area contributed by atoms with Crippen LogP contribution in [-0.2, 0) is 9.53 Å². The number of rotatable bonds is 4. The fourth-order valence-corrected chi connectivity index (χ4v) is 5.57. The summed E-state index contributed by atoms with van der Waals surface area (Å²) in [5.41, 5.74) is 0.0206. The molecule has 2 saturated heterocycles. The minimum Gasteiger partial charge on any atom is -0.379 e. The van der Waals surface area contributed by atoms with E-state index in [1.54, 1.807) is 0 Å². The Morgan fingerprint density at radius 3 is 2.67 bits per heavy atom. The van der Waals surface area contributed by atoms with Crippen LogP contribution in [0.2, 0.25) is 0 Å². The van der Waals surface area contributed by atoms with Gasteiger partial charge in [0.25, 0.3) is 0 Å². The second kappa shape index (κ2) is 6.93. The zero-order valence-electron chi connectivity index (χ0n) is 15.1. The second-order valence-electron chi connectivity index (χ2n) is 8.67. The fraction of sp³-hybridized carbons (Fsp3) is 0.947. The van der Waals surface area contributed by atoms with Crippen LogP contribution in [0.4, 0.5) is 0 Å². The highest BCUT2D eigenvalue weighted by Crippen LogP contribution is 2.48. The maximum absolute atomic E-state index is 12.8. The molecule has 2 bridgehead atoms. The van der Waals surface area contributed by atoms with Crippen LogP contribution in [0.1, 0.15) is 38.5 Å². The lowest BCUT2D eigenvalue weighted by atomic mass is 9.86. The quantitative estimate of drug-likeness (QED) is 0.842. The molecular weight excluding hydrogens is 302 g/mol. The van der Waals surface area contributed by atoms with Gasteiger partial charge in [0.05, 0.1) is 12.1 Å². The summed E-state index contributed by atoms with van der Waals surface area (Å²) in [6, 6.07) is 0. The number of carbonyl (C=O) groups excluding carboxylic acids is 1. The van der Waals surface area contributed by atoms with Crippen molar-refractivity contribution in [2.75, 3.05) is 53.0 Å². The molecule has 4 rings (SSSR count). The highest BCUT2D eigenvalue weighted by Gasteiger charge is 2.45. The van der Waals surface area contributed by atoms with Crippen molar-refractivity contribution in [3.05, 3.63) is 0 Å². The van der Waals surface area contributed by atoms with E-state index in [1.807, 2.05) is 0 Å². The monoisotopic (exact) mass is 335 g/mol. The molecule has 2 heterocycles. The molecular formula is C19H33N3O2. The Morgan fingerprint density at radius 1 is 1.21 bits per heavy atom. The molecule has 1 N–H and O–H groups in total. The molecule has 0 aromatic heterocycles. The summed E-state index contributed by atoms with van der Waals surface area (Å²) in [6.45, 7) is 6.81. The Kier molecular flexibility index (Phi) is 4.85. The van der Waals surface area contributed by atoms with Crippen LogP contribution in [0.25, 0.3) is 0 Å². The summed E-state index contributed by atoms with van der Waals surface area (Å²) < 4.78 is 5.87. The predicted molar refractivity (Wildman–Crippen MR) is 93.8 cm³/mol. The summed E-state index contributed by atoms with van der Waals surface area (Å²) in [7, 11) is 2.19. The van der Waals surface area contributed by atoms with Crippen molar-refractivity contribution in [2.24, 2.45) is 17.8 Å². The fourth-order valence-electron chi connectivity index (χ4n) is 5.57. The Balaban J connectivity index is 1.38. The first-order valence-electron chi connectivity index (χ1n) is 9.95. The number of piperazine rings is 1. The zero-order chi connectivity index (χ0) is 16.6. The van der Waals surface area contributed by atoms with Gasteiger partial charge in [-0.25, -0.2) is 0 Å². The zero-order valence-corrected chi connectivity index (χ0v) is 15.1. The molecule has 1 amide bonds. The number of nitrogens with zero attached hydrogens (tertiary/aromatic N) is 2. The van der Waals surface area contributed by atoms with E-state index in [0.29, 0.717) is 11.8 Å². The van der Waals surface area contributed by atoms with Crippen molar-refractivity contribution < 1.29 is 9.53 Å². The number of ether oxygens (including phenoxy) is 1. The van der Waals surface area contributed by atoms with Gasteiger partial charge in [0.2, 0.25) is 5.91 Å². The number of hydrogen-bond donors (Lipinski definition) is 1. The van der Waals surface area contributed by atoms with Crippen LogP contribution < -0.4 is 5.32 Å². The first-order valence-corrected chi connectivity index (χ1v) is 9.95. The molecule has 2 aliphatic heterocycles. The second-order valence-corrected chi connectivity index (χ2v) is 8.67. The summed E-state index contributed by atoms with van der Waals surface area (Å²) in [5.74, 6) is 2.10. The third-order valence-corrected chi connectivity index (χ3v) is 7.14. The van der Waals surface area contributed by atoms with Crippen LogP contribution >= 0.6 is 0 Å². The Labute approximate surface area is 146 Å². The molecule has 0 radical (unpaired) electrons. The van der Waals surface area contributed by atoms with E-state index in [4.69, 9.17) is 4.74 Å². The van der Waals surface area contributed by atoms with Gasteiger partial charge in [-0.3, -0.25) is 9.69 Å². The van der Waals surface area contributed by atoms with Crippen molar-refractivity contribution in [3.8, 4) is 0 Å². The molecule has 5 heteroatoms. The van der Waals surface area contributed by atoms with E-state index in [1.165, 1.54) is 19.3 Å². The molecule has 4 atom stereocenters. The summed E-state index contributed by atoms with van der Waals surface area (Å²) in [5, 5.41) is 3.35. The molecule has 4 aliphatic rings. The summed E-state index contributed by atoms with van der Waals surface area (Å²) in [6.07, 6.45) is 7.31. The molecule has 0 aromatic rings. The van der Waals surface area contributed by atoms with Gasteiger partial charge < -0.3 is 15.0 Å². The average Bonchev–Trinajstić information content (AvgIpc) is 3.24. The van der Waals surface area contributed by atoms with Crippen LogP contribution in [0.15, 0.2) is 0 Å². The number of hydrogen-bond acceptors (Lipinski definition) is 4. The number of fused-ring (bicyclic) bond motifs is 2. The van der Waals surface area contributed by atoms with Crippen molar-refractivity contribution in [3.63, 3.8) is 0 Å². The highest BCUT2D eigenvalue weighted by atomic mass is 16.5. The maximum atomic E-state index is 12.8. The van der Waals surface area contributed by atoms with Gasteiger partial charge in [-0.05, 0) is 51.0 Å². The van der Waals surface area contributed by atoms with Gasteiger partial charge in [0.15, 0.2) is 0 Å². The van der Waals surface area contributed by atoms with Gasteiger partial charge >= 0.3 is 0 Å². The number of carbonyl (C=O) groups is 1. The van der Waals surface area contributed by atoms with Gasteiger partial charge in [-0.15, -0.1) is 0 Å². The van der Waals surface area contributed by atoms with E-state index in [-0.39, 0.29) is 11.5 Å². The third kappa shape index (κ3) is 3.23. The minimum absolute atomic E-state index is 0.0206. The largest absolute Gasteiger partial charge is 0.379 e. The smallest absolute Gasteiger partial charge is 0.223 e. The summed E-state index contributed by atoms with van der Waals surface area (Å²) in [4.78, 5) is 17.8. The lowest BCUT2D eigenvalue weighted by molar-refractivity contribution is -0.128. The van der Waals surface area contributed by atoms with Crippen molar-refractivity contribution >= 4 is 5.91 Å². The lowest BCUT2D eigenvalue weighted by Crippen LogP contribution is -2.64. The Hall–Kier alpha value is -0.650. The van der Waals surface area contributed by atoms with E-state index < -0.39 is 0 Å². The lowest BCUT2D eigenvalue weighted by Gasteiger charge is -2.49. The van der Waals surface area contributed by atoms with Crippen LogP contribution in [-0.4, -0.2) is 74.2 Å². The Bertz CT molecular complexity index is 456. The topological polar surface area (TPSA) is 44.8 Å². The standard InChI is InChI=1S/C19H33N3O2/c1-21-6-8-22(9-7-21)19(5-2-10-24-14-19)13-20-18(23)17-12-15-3-4-16(17)11-15/h15-17H,2-14H2,1H3,(H,20,23). The minimum atomic E-state index is 0.0206. The number of nitrogens with one attached hydrogen (secondary N) is 1. The van der Waals surface area contributed by atoms with Crippen LogP contribution in [0.3, 0.4) is 0 Å². The van der Waals surface area contributed by atoms with Crippen molar-refractivity contribution in [1.29, 1.82) is 0 Å². The van der Waals surface area contributed by atoms with E-state index in [9.17, 15) is 4.79 Å². The van der Waals surface area contributed by atoms with Crippen LogP contribution in [0, 0.1) is 17.8 Å². The molecule has 5 nitrogen and oxygen atoms in total. The number of amides is 1. The van der Waals surface area contributed by atoms with Gasteiger partial charge in [0, 0.05) is 45.2 Å². The normalized spacial score (nSPS) is 40.8. The number of likely N-dealkylation sites (N-methyl/N-ethyl adjacent to an activating group) is 1. The van der Waals surface area contributed by atoms with Gasteiger partial charge in [-0.2, -0.15) is 0 Å². The molecule has 0 aromatic carbocycles. The highest BCUT2D eigenvalue weighted by molar-refractivity contribution is 5.79. The van der Waals surface area contributed by atoms with Crippen molar-refractivity contribution in [2.45, 2.75) is 44.1 Å². The Morgan fingerprint density at radius 2 is 2.04 bits per heavy atom. The van der Waals surface area contributed by atoms with Gasteiger partial charge in [0.1, 0.15) is 0 Å². The maximum Gasteiger partial charge on any atom is 0.223 e. The molecule has 0 spiro atoms. The molecule has 2 saturated carbocycles. The summed E-state index contributed by atoms with van der Waals surface area (Å²) >= 11 is 0. The van der Waals surface area contributed by atoms with Crippen molar-refractivity contribution in [1.82, 2.24) is 15.1 Å². The molecule has 4 unspecified atom stereocenters. The van der Waals surface area contributed by atoms with Gasteiger partial charge in [-0.1, -0.05) is 6.42 Å².